The first-order valence-electron chi connectivity index (χ1n) is 6.61. The van der Waals surface area contributed by atoms with Gasteiger partial charge < -0.3 is 10.6 Å². The van der Waals surface area contributed by atoms with Gasteiger partial charge in [0, 0.05) is 12.1 Å². The number of hydrogen-bond donors (Lipinski definition) is 2. The summed E-state index contributed by atoms with van der Waals surface area (Å²) in [4.78, 5) is 11.8. The number of piperidine rings is 1. The SMILES string of the molecule is O=C(CCC1CCNCC1)Nc1ccc(Cl)c(F)c1. The molecule has 1 aromatic rings. The molecule has 0 radical (unpaired) electrons. The highest BCUT2D eigenvalue weighted by Crippen LogP contribution is 2.20. The fourth-order valence-electron chi connectivity index (χ4n) is 2.30. The Morgan fingerprint density at radius 2 is 2.16 bits per heavy atom. The van der Waals surface area contributed by atoms with Crippen molar-refractivity contribution in [2.45, 2.75) is 25.7 Å². The maximum atomic E-state index is 13.2. The minimum absolute atomic E-state index is 0.0627. The molecule has 1 heterocycles. The predicted molar refractivity (Wildman–Crippen MR) is 74.9 cm³/mol. The van der Waals surface area contributed by atoms with E-state index in [2.05, 4.69) is 10.6 Å². The number of nitrogens with one attached hydrogen (secondary N) is 2. The highest BCUT2D eigenvalue weighted by molar-refractivity contribution is 6.30. The second kappa shape index (κ2) is 6.87. The second-order valence-electron chi connectivity index (χ2n) is 4.91. The molecule has 0 unspecified atom stereocenters. The van der Waals surface area contributed by atoms with Gasteiger partial charge in [-0.05, 0) is 56.5 Å². The summed E-state index contributed by atoms with van der Waals surface area (Å²) >= 11 is 5.59. The lowest BCUT2D eigenvalue weighted by Gasteiger charge is -2.22. The van der Waals surface area contributed by atoms with Crippen LogP contribution >= 0.6 is 11.6 Å². The van der Waals surface area contributed by atoms with E-state index in [0.717, 1.165) is 32.4 Å². The van der Waals surface area contributed by atoms with Gasteiger partial charge in [-0.1, -0.05) is 11.6 Å². The lowest BCUT2D eigenvalue weighted by Crippen LogP contribution is -2.28. The van der Waals surface area contributed by atoms with Crippen molar-refractivity contribution in [3.05, 3.63) is 29.0 Å². The number of benzene rings is 1. The Labute approximate surface area is 117 Å². The van der Waals surface area contributed by atoms with Gasteiger partial charge >= 0.3 is 0 Å². The molecule has 1 aliphatic heterocycles. The number of carbonyl (C=O) groups excluding carboxylic acids is 1. The normalized spacial score (nSPS) is 16.3. The van der Waals surface area contributed by atoms with Crippen LogP contribution in [0.3, 0.4) is 0 Å². The molecule has 5 heteroatoms. The van der Waals surface area contributed by atoms with E-state index in [1.54, 1.807) is 6.07 Å². The number of amides is 1. The smallest absolute Gasteiger partial charge is 0.224 e. The van der Waals surface area contributed by atoms with E-state index < -0.39 is 5.82 Å². The number of rotatable bonds is 4. The van der Waals surface area contributed by atoms with Gasteiger partial charge in [0.2, 0.25) is 5.91 Å². The number of anilines is 1. The highest BCUT2D eigenvalue weighted by atomic mass is 35.5. The molecule has 2 rings (SSSR count). The summed E-state index contributed by atoms with van der Waals surface area (Å²) in [5, 5.41) is 6.06. The molecule has 1 fully saturated rings. The molecule has 1 saturated heterocycles. The van der Waals surface area contributed by atoms with Crippen LogP contribution in [0.4, 0.5) is 10.1 Å². The maximum absolute atomic E-state index is 13.2. The third kappa shape index (κ3) is 4.48. The fraction of sp³-hybridized carbons (Fsp3) is 0.500. The molecule has 0 saturated carbocycles. The lowest BCUT2D eigenvalue weighted by molar-refractivity contribution is -0.116. The highest BCUT2D eigenvalue weighted by Gasteiger charge is 2.14. The van der Waals surface area contributed by atoms with Crippen LogP contribution in [0.5, 0.6) is 0 Å². The van der Waals surface area contributed by atoms with Crippen LogP contribution in [0.25, 0.3) is 0 Å². The zero-order valence-electron chi connectivity index (χ0n) is 10.7. The average molecular weight is 285 g/mol. The number of hydrogen-bond acceptors (Lipinski definition) is 2. The topological polar surface area (TPSA) is 41.1 Å². The Hall–Kier alpha value is -1.13. The van der Waals surface area contributed by atoms with Crippen molar-refractivity contribution in [2.75, 3.05) is 18.4 Å². The van der Waals surface area contributed by atoms with Gasteiger partial charge in [-0.25, -0.2) is 4.39 Å². The van der Waals surface area contributed by atoms with Crippen molar-refractivity contribution in [3.63, 3.8) is 0 Å². The molecule has 1 amide bonds. The van der Waals surface area contributed by atoms with Crippen molar-refractivity contribution >= 4 is 23.2 Å². The Balaban J connectivity index is 1.78. The Bertz CT molecular complexity index is 447. The van der Waals surface area contributed by atoms with Gasteiger partial charge in [-0.2, -0.15) is 0 Å². The maximum Gasteiger partial charge on any atom is 0.224 e. The van der Waals surface area contributed by atoms with E-state index in [0.29, 0.717) is 18.0 Å². The standard InChI is InChI=1S/C14H18ClFN2O/c15-12-3-2-11(9-13(12)16)18-14(19)4-1-10-5-7-17-8-6-10/h2-3,9-10,17H,1,4-8H2,(H,18,19). The summed E-state index contributed by atoms with van der Waals surface area (Å²) in [6, 6.07) is 4.29. The molecule has 1 aromatic carbocycles. The predicted octanol–water partition coefficient (Wildman–Crippen LogP) is 3.20. The summed E-state index contributed by atoms with van der Waals surface area (Å²) in [7, 11) is 0. The van der Waals surface area contributed by atoms with Gasteiger partial charge in [-0.3, -0.25) is 4.79 Å². The number of halogens is 2. The van der Waals surface area contributed by atoms with Crippen LogP contribution < -0.4 is 10.6 Å². The Morgan fingerprint density at radius 3 is 2.84 bits per heavy atom. The molecule has 1 aliphatic rings. The molecule has 2 N–H and O–H groups in total. The molecule has 19 heavy (non-hydrogen) atoms. The third-order valence-corrected chi connectivity index (χ3v) is 3.75. The quantitative estimate of drug-likeness (QED) is 0.891. The van der Waals surface area contributed by atoms with E-state index in [1.165, 1.54) is 12.1 Å². The van der Waals surface area contributed by atoms with E-state index >= 15 is 0 Å². The largest absolute Gasteiger partial charge is 0.326 e. The van der Waals surface area contributed by atoms with Crippen LogP contribution in [0, 0.1) is 11.7 Å². The van der Waals surface area contributed by atoms with Crippen LogP contribution in [-0.2, 0) is 4.79 Å². The first-order chi connectivity index (χ1) is 9.15. The van der Waals surface area contributed by atoms with E-state index in [-0.39, 0.29) is 10.9 Å². The summed E-state index contributed by atoms with van der Waals surface area (Å²) < 4.78 is 13.2. The first kappa shape index (κ1) is 14.3. The molecular formula is C14H18ClFN2O. The third-order valence-electron chi connectivity index (χ3n) is 3.44. The van der Waals surface area contributed by atoms with Crippen LogP contribution in [0.15, 0.2) is 18.2 Å². The average Bonchev–Trinajstić information content (AvgIpc) is 2.42. The molecule has 3 nitrogen and oxygen atoms in total. The summed E-state index contributed by atoms with van der Waals surface area (Å²) in [6.45, 7) is 2.07. The first-order valence-corrected chi connectivity index (χ1v) is 6.98. The fourth-order valence-corrected chi connectivity index (χ4v) is 2.42. The van der Waals surface area contributed by atoms with Crippen LogP contribution in [0.2, 0.25) is 5.02 Å². The molecule has 104 valence electrons. The van der Waals surface area contributed by atoms with E-state index in [9.17, 15) is 9.18 Å². The van der Waals surface area contributed by atoms with Crippen molar-refractivity contribution < 1.29 is 9.18 Å². The van der Waals surface area contributed by atoms with Gasteiger partial charge in [0.05, 0.1) is 5.02 Å². The monoisotopic (exact) mass is 284 g/mol. The van der Waals surface area contributed by atoms with Crippen molar-refractivity contribution in [1.29, 1.82) is 0 Å². The second-order valence-corrected chi connectivity index (χ2v) is 5.32. The molecule has 0 atom stereocenters. The minimum atomic E-state index is -0.516. The summed E-state index contributed by atoms with van der Waals surface area (Å²) in [6.07, 6.45) is 3.63. The number of carbonyl (C=O) groups is 1. The molecule has 0 aliphatic carbocycles. The zero-order chi connectivity index (χ0) is 13.7. The molecule has 0 aromatic heterocycles. The van der Waals surface area contributed by atoms with Gasteiger partial charge in [-0.15, -0.1) is 0 Å². The molecular weight excluding hydrogens is 267 g/mol. The Morgan fingerprint density at radius 1 is 1.42 bits per heavy atom. The summed E-state index contributed by atoms with van der Waals surface area (Å²) in [5.74, 6) is 0.0343. The van der Waals surface area contributed by atoms with Gasteiger partial charge in [0.15, 0.2) is 0 Å². The van der Waals surface area contributed by atoms with Crippen molar-refractivity contribution in [1.82, 2.24) is 5.32 Å². The van der Waals surface area contributed by atoms with Gasteiger partial charge in [0.1, 0.15) is 5.82 Å². The van der Waals surface area contributed by atoms with Crippen LogP contribution in [0.1, 0.15) is 25.7 Å². The van der Waals surface area contributed by atoms with Crippen LogP contribution in [-0.4, -0.2) is 19.0 Å². The lowest BCUT2D eigenvalue weighted by atomic mass is 9.93. The minimum Gasteiger partial charge on any atom is -0.326 e. The van der Waals surface area contributed by atoms with Gasteiger partial charge in [0.25, 0.3) is 0 Å². The summed E-state index contributed by atoms with van der Waals surface area (Å²) in [5.41, 5.74) is 0.456. The van der Waals surface area contributed by atoms with Crippen molar-refractivity contribution in [2.24, 2.45) is 5.92 Å². The van der Waals surface area contributed by atoms with E-state index in [1.807, 2.05) is 0 Å². The molecule has 0 bridgehead atoms. The zero-order valence-corrected chi connectivity index (χ0v) is 11.5. The Kier molecular flexibility index (Phi) is 5.16. The van der Waals surface area contributed by atoms with Crippen molar-refractivity contribution in [3.8, 4) is 0 Å². The van der Waals surface area contributed by atoms with E-state index in [4.69, 9.17) is 11.6 Å². The molecule has 0 spiro atoms.